The highest BCUT2D eigenvalue weighted by Gasteiger charge is 2.16. The van der Waals surface area contributed by atoms with E-state index in [4.69, 9.17) is 10.5 Å². The number of methoxy groups -OCH3 is 1. The Hall–Kier alpha value is -2.97. The van der Waals surface area contributed by atoms with Gasteiger partial charge in [-0.25, -0.2) is 9.37 Å². The summed E-state index contributed by atoms with van der Waals surface area (Å²) in [6.45, 7) is 6.01. The van der Waals surface area contributed by atoms with Crippen molar-refractivity contribution in [2.75, 3.05) is 54.4 Å². The van der Waals surface area contributed by atoms with Crippen LogP contribution in [0, 0.1) is 5.82 Å². The van der Waals surface area contributed by atoms with E-state index in [1.54, 1.807) is 6.20 Å². The molecule has 0 saturated carbocycles. The number of anilines is 3. The number of benzene rings is 2. The van der Waals surface area contributed by atoms with E-state index in [2.05, 4.69) is 51.1 Å². The fourth-order valence-electron chi connectivity index (χ4n) is 3.93. The van der Waals surface area contributed by atoms with E-state index in [-0.39, 0.29) is 5.75 Å². The highest BCUT2D eigenvalue weighted by atomic mass is 32.2. The van der Waals surface area contributed by atoms with Gasteiger partial charge in [0.25, 0.3) is 0 Å². The number of ether oxygens (including phenoxy) is 1. The Morgan fingerprint density at radius 1 is 1.15 bits per heavy atom. The van der Waals surface area contributed by atoms with Gasteiger partial charge >= 0.3 is 0 Å². The molecule has 33 heavy (non-hydrogen) atoms. The lowest BCUT2D eigenvalue weighted by Gasteiger charge is -2.29. The maximum atomic E-state index is 14.9. The molecule has 3 aromatic rings. The average Bonchev–Trinajstić information content (AvgIpc) is 2.85. The molecule has 0 radical (unpaired) electrons. The molecule has 0 atom stereocenters. The molecule has 1 saturated heterocycles. The van der Waals surface area contributed by atoms with E-state index in [1.807, 2.05) is 12.1 Å². The molecule has 1 aromatic heterocycles. The number of piperazine rings is 1. The second-order valence-corrected chi connectivity index (χ2v) is 8.83. The van der Waals surface area contributed by atoms with Gasteiger partial charge in [0.1, 0.15) is 5.82 Å². The van der Waals surface area contributed by atoms with Crippen LogP contribution in [-0.4, -0.2) is 44.0 Å². The molecule has 0 unspecified atom stereocenters. The van der Waals surface area contributed by atoms with Crippen molar-refractivity contribution in [3.63, 3.8) is 0 Å². The Labute approximate surface area is 198 Å². The molecule has 1 aliphatic heterocycles. The van der Waals surface area contributed by atoms with Crippen molar-refractivity contribution in [2.45, 2.75) is 13.3 Å². The van der Waals surface area contributed by atoms with Crippen molar-refractivity contribution in [3.05, 3.63) is 54.5 Å². The van der Waals surface area contributed by atoms with Gasteiger partial charge in [-0.3, -0.25) is 0 Å². The van der Waals surface area contributed by atoms with Gasteiger partial charge in [-0.1, -0.05) is 31.0 Å². The fourth-order valence-corrected chi connectivity index (χ4v) is 4.55. The number of hydrogen-bond acceptors (Lipinski definition) is 7. The van der Waals surface area contributed by atoms with E-state index in [0.29, 0.717) is 22.6 Å². The zero-order valence-electron chi connectivity index (χ0n) is 19.0. The van der Waals surface area contributed by atoms with Crippen LogP contribution < -0.4 is 25.4 Å². The van der Waals surface area contributed by atoms with Crippen LogP contribution in [0.1, 0.15) is 13.3 Å². The van der Waals surface area contributed by atoms with Crippen molar-refractivity contribution in [1.29, 1.82) is 0 Å². The van der Waals surface area contributed by atoms with Gasteiger partial charge in [0.15, 0.2) is 11.6 Å². The van der Waals surface area contributed by atoms with Crippen LogP contribution >= 0.6 is 11.9 Å². The van der Waals surface area contributed by atoms with Gasteiger partial charge in [-0.05, 0) is 47.9 Å². The third-order valence-electron chi connectivity index (χ3n) is 5.63. The maximum Gasteiger partial charge on any atom is 0.178 e. The SMILES string of the molecule is CCCSNc1cc(-c2cc(-c3cccc(N4CCNCC4)c3)cnc2N)cc(F)c1OC. The molecule has 8 heteroatoms. The van der Waals surface area contributed by atoms with Crippen LogP contribution in [-0.2, 0) is 0 Å². The van der Waals surface area contributed by atoms with E-state index in [0.717, 1.165) is 49.5 Å². The molecule has 1 fully saturated rings. The van der Waals surface area contributed by atoms with Gasteiger partial charge in [-0.15, -0.1) is 0 Å². The van der Waals surface area contributed by atoms with E-state index >= 15 is 0 Å². The molecule has 2 heterocycles. The Balaban J connectivity index is 1.69. The molecule has 4 N–H and O–H groups in total. The molecule has 2 aromatic carbocycles. The number of aromatic nitrogens is 1. The van der Waals surface area contributed by atoms with Crippen molar-refractivity contribution in [3.8, 4) is 28.0 Å². The average molecular weight is 468 g/mol. The number of nitrogens with zero attached hydrogens (tertiary/aromatic N) is 2. The molecule has 174 valence electrons. The summed E-state index contributed by atoms with van der Waals surface area (Å²) in [6, 6.07) is 13.7. The number of rotatable bonds is 8. The molecule has 4 rings (SSSR count). The molecule has 0 bridgehead atoms. The second-order valence-electron chi connectivity index (χ2n) is 7.93. The highest BCUT2D eigenvalue weighted by molar-refractivity contribution is 8.00. The Bertz CT molecular complexity index is 1100. The first kappa shape index (κ1) is 23.2. The summed E-state index contributed by atoms with van der Waals surface area (Å²) in [5, 5.41) is 3.38. The number of nitrogens with two attached hydrogens (primary N) is 1. The molecule has 0 aliphatic carbocycles. The van der Waals surface area contributed by atoms with Gasteiger partial charge in [0, 0.05) is 54.9 Å². The second kappa shape index (κ2) is 10.8. The lowest BCUT2D eigenvalue weighted by molar-refractivity contribution is 0.389. The van der Waals surface area contributed by atoms with Crippen LogP contribution in [0.3, 0.4) is 0 Å². The lowest BCUT2D eigenvalue weighted by Crippen LogP contribution is -2.43. The Morgan fingerprint density at radius 2 is 1.97 bits per heavy atom. The highest BCUT2D eigenvalue weighted by Crippen LogP contribution is 2.38. The van der Waals surface area contributed by atoms with Crippen molar-refractivity contribution in [2.24, 2.45) is 0 Å². The smallest absolute Gasteiger partial charge is 0.178 e. The van der Waals surface area contributed by atoms with E-state index in [9.17, 15) is 4.39 Å². The van der Waals surface area contributed by atoms with Crippen LogP contribution in [0.15, 0.2) is 48.7 Å². The van der Waals surface area contributed by atoms with Crippen molar-refractivity contribution >= 4 is 29.1 Å². The normalized spacial score (nSPS) is 13.7. The largest absolute Gasteiger partial charge is 0.492 e. The summed E-state index contributed by atoms with van der Waals surface area (Å²) < 4.78 is 23.4. The fraction of sp³-hybridized carbons (Fsp3) is 0.320. The van der Waals surface area contributed by atoms with E-state index < -0.39 is 5.82 Å². The first-order valence-corrected chi connectivity index (χ1v) is 12.2. The third-order valence-corrected chi connectivity index (χ3v) is 6.60. The quantitative estimate of drug-likeness (QED) is 0.317. The first-order chi connectivity index (χ1) is 16.1. The van der Waals surface area contributed by atoms with Gasteiger partial charge < -0.3 is 25.4 Å². The topological polar surface area (TPSA) is 75.4 Å². The molecule has 1 aliphatic rings. The van der Waals surface area contributed by atoms with Crippen molar-refractivity contribution < 1.29 is 9.13 Å². The minimum atomic E-state index is -0.444. The molecule has 0 spiro atoms. The summed E-state index contributed by atoms with van der Waals surface area (Å²) in [5.74, 6) is 1.00. The zero-order chi connectivity index (χ0) is 23.2. The number of halogens is 1. The predicted octanol–water partition coefficient (Wildman–Crippen LogP) is 5.03. The number of nitrogen functional groups attached to an aromatic ring is 1. The Morgan fingerprint density at radius 3 is 2.73 bits per heavy atom. The predicted molar refractivity (Wildman–Crippen MR) is 137 cm³/mol. The molecule has 0 amide bonds. The first-order valence-electron chi connectivity index (χ1n) is 11.2. The summed E-state index contributed by atoms with van der Waals surface area (Å²) in [7, 11) is 1.47. The lowest BCUT2D eigenvalue weighted by atomic mass is 9.99. The van der Waals surface area contributed by atoms with Gasteiger partial charge in [-0.2, -0.15) is 0 Å². The minimum absolute atomic E-state index is 0.189. The zero-order valence-corrected chi connectivity index (χ0v) is 19.8. The summed E-state index contributed by atoms with van der Waals surface area (Å²) >= 11 is 1.52. The van der Waals surface area contributed by atoms with Gasteiger partial charge in [0.05, 0.1) is 12.8 Å². The molecular weight excluding hydrogens is 437 g/mol. The summed E-state index contributed by atoms with van der Waals surface area (Å²) in [4.78, 5) is 6.80. The summed E-state index contributed by atoms with van der Waals surface area (Å²) in [6.07, 6.45) is 2.78. The van der Waals surface area contributed by atoms with E-state index in [1.165, 1.54) is 30.8 Å². The number of pyridine rings is 1. The van der Waals surface area contributed by atoms with Crippen LogP contribution in [0.25, 0.3) is 22.3 Å². The minimum Gasteiger partial charge on any atom is -0.492 e. The van der Waals surface area contributed by atoms with Gasteiger partial charge in [0.2, 0.25) is 0 Å². The monoisotopic (exact) mass is 467 g/mol. The third kappa shape index (κ3) is 5.34. The summed E-state index contributed by atoms with van der Waals surface area (Å²) in [5.41, 5.74) is 11.3. The Kier molecular flexibility index (Phi) is 7.57. The number of hydrogen-bond donors (Lipinski definition) is 3. The van der Waals surface area contributed by atoms with Crippen molar-refractivity contribution in [1.82, 2.24) is 10.3 Å². The number of nitrogens with one attached hydrogen (secondary N) is 2. The standard InChI is InChI=1S/C25H30FN5OS/c1-3-11-33-30-23-15-18(14-22(26)24(23)32-2)21-13-19(16-29-25(21)27)17-5-4-6-20(12-17)31-9-7-28-8-10-31/h4-6,12-16,28,30H,3,7-11H2,1-2H3,(H2,27,29). The maximum absolute atomic E-state index is 14.9. The molecular formula is C25H30FN5OS. The molecule has 6 nitrogen and oxygen atoms in total. The van der Waals surface area contributed by atoms with Crippen LogP contribution in [0.2, 0.25) is 0 Å². The van der Waals surface area contributed by atoms with Crippen LogP contribution in [0.5, 0.6) is 5.75 Å². The van der Waals surface area contributed by atoms with Crippen LogP contribution in [0.4, 0.5) is 21.6 Å².